The molecule has 0 fully saturated rings. The minimum Gasteiger partial charge on any atom is -0.497 e. The molecule has 1 aromatic carbocycles. The number of rotatable bonds is 7. The van der Waals surface area contributed by atoms with E-state index in [4.69, 9.17) is 10.5 Å². The van der Waals surface area contributed by atoms with E-state index in [0.29, 0.717) is 12.3 Å². The summed E-state index contributed by atoms with van der Waals surface area (Å²) in [7, 11) is 1.68. The van der Waals surface area contributed by atoms with Crippen molar-refractivity contribution in [3.63, 3.8) is 0 Å². The molecule has 0 aliphatic carbocycles. The van der Waals surface area contributed by atoms with E-state index in [2.05, 4.69) is 26.0 Å². The van der Waals surface area contributed by atoms with E-state index in [1.807, 2.05) is 13.0 Å². The number of aryl methyl sites for hydroxylation is 1. The monoisotopic (exact) mass is 265 g/mol. The molecule has 0 bridgehead atoms. The summed E-state index contributed by atoms with van der Waals surface area (Å²) in [5, 5.41) is 10.1. The molecule has 0 aliphatic rings. The van der Waals surface area contributed by atoms with E-state index in [1.54, 1.807) is 7.11 Å². The molecule has 3 atom stereocenters. The van der Waals surface area contributed by atoms with Gasteiger partial charge in [-0.15, -0.1) is 0 Å². The summed E-state index contributed by atoms with van der Waals surface area (Å²) >= 11 is 0. The van der Waals surface area contributed by atoms with Crippen LogP contribution in [0.3, 0.4) is 0 Å². The van der Waals surface area contributed by atoms with Crippen molar-refractivity contribution in [2.45, 2.75) is 58.1 Å². The molecule has 3 nitrogen and oxygen atoms in total. The quantitative estimate of drug-likeness (QED) is 0.797. The van der Waals surface area contributed by atoms with Crippen molar-refractivity contribution in [2.75, 3.05) is 7.11 Å². The maximum absolute atomic E-state index is 10.1. The Hall–Kier alpha value is -1.06. The number of methoxy groups -OCH3 is 1. The molecule has 0 saturated carbocycles. The fraction of sp³-hybridized carbons (Fsp3) is 0.625. The van der Waals surface area contributed by atoms with Crippen LogP contribution >= 0.6 is 0 Å². The van der Waals surface area contributed by atoms with Gasteiger partial charge in [0.25, 0.3) is 0 Å². The molecule has 108 valence electrons. The van der Waals surface area contributed by atoms with Gasteiger partial charge in [-0.3, -0.25) is 0 Å². The molecule has 0 radical (unpaired) electrons. The lowest BCUT2D eigenvalue weighted by Gasteiger charge is -2.23. The minimum absolute atomic E-state index is 0.134. The lowest BCUT2D eigenvalue weighted by molar-refractivity contribution is 0.126. The molecule has 0 aromatic heterocycles. The highest BCUT2D eigenvalue weighted by Crippen LogP contribution is 2.28. The number of hydrogen-bond acceptors (Lipinski definition) is 3. The van der Waals surface area contributed by atoms with Crippen molar-refractivity contribution in [3.05, 3.63) is 29.3 Å². The second-order valence-electron chi connectivity index (χ2n) is 5.19. The first-order valence-corrected chi connectivity index (χ1v) is 7.13. The van der Waals surface area contributed by atoms with Crippen molar-refractivity contribution >= 4 is 0 Å². The largest absolute Gasteiger partial charge is 0.497 e. The number of nitrogens with two attached hydrogens (primary N) is 1. The summed E-state index contributed by atoms with van der Waals surface area (Å²) in [5.74, 6) is 1.19. The highest BCUT2D eigenvalue weighted by atomic mass is 16.5. The minimum atomic E-state index is -0.438. The first-order chi connectivity index (χ1) is 9.03. The maximum Gasteiger partial charge on any atom is 0.119 e. The standard InChI is InChI=1S/C16H27NO2/c1-5-12-10-13(19-4)7-8-14(12)11(3)9-16(18)15(17)6-2/h7-8,10-11,15-16,18H,5-6,9,17H2,1-4H3. The molecule has 0 aliphatic heterocycles. The Kier molecular flexibility index (Phi) is 6.32. The van der Waals surface area contributed by atoms with Crippen LogP contribution in [0.4, 0.5) is 0 Å². The fourth-order valence-electron chi connectivity index (χ4n) is 2.43. The van der Waals surface area contributed by atoms with Gasteiger partial charge >= 0.3 is 0 Å². The Bertz CT molecular complexity index is 392. The van der Waals surface area contributed by atoms with Crippen molar-refractivity contribution < 1.29 is 9.84 Å². The Morgan fingerprint density at radius 1 is 1.32 bits per heavy atom. The third-order valence-corrected chi connectivity index (χ3v) is 3.82. The summed E-state index contributed by atoms with van der Waals surface area (Å²) in [6.45, 7) is 6.29. The molecule has 3 unspecified atom stereocenters. The van der Waals surface area contributed by atoms with Gasteiger partial charge in [0.1, 0.15) is 5.75 Å². The molecule has 19 heavy (non-hydrogen) atoms. The predicted octanol–water partition coefficient (Wildman–Crippen LogP) is 2.85. The van der Waals surface area contributed by atoms with Crippen LogP contribution in [0, 0.1) is 0 Å². The Morgan fingerprint density at radius 3 is 2.53 bits per heavy atom. The van der Waals surface area contributed by atoms with E-state index in [0.717, 1.165) is 18.6 Å². The lowest BCUT2D eigenvalue weighted by Crippen LogP contribution is -2.34. The fourth-order valence-corrected chi connectivity index (χ4v) is 2.43. The van der Waals surface area contributed by atoms with Crippen molar-refractivity contribution in [1.29, 1.82) is 0 Å². The number of benzene rings is 1. The Labute approximate surface area is 116 Å². The second-order valence-corrected chi connectivity index (χ2v) is 5.19. The van der Waals surface area contributed by atoms with E-state index < -0.39 is 6.10 Å². The van der Waals surface area contributed by atoms with Crippen LogP contribution in [-0.4, -0.2) is 24.4 Å². The molecular formula is C16H27NO2. The third kappa shape index (κ3) is 4.22. The van der Waals surface area contributed by atoms with Crippen LogP contribution in [0.1, 0.15) is 50.7 Å². The van der Waals surface area contributed by atoms with Gasteiger partial charge in [-0.05, 0) is 48.4 Å². The summed E-state index contributed by atoms with van der Waals surface area (Å²) < 4.78 is 5.26. The molecule has 0 spiro atoms. The normalized spacial score (nSPS) is 15.9. The van der Waals surface area contributed by atoms with Gasteiger partial charge < -0.3 is 15.6 Å². The molecule has 1 rings (SSSR count). The summed E-state index contributed by atoms with van der Waals surface area (Å²) in [6, 6.07) is 6.03. The van der Waals surface area contributed by atoms with Crippen LogP contribution in [0.5, 0.6) is 5.75 Å². The first kappa shape index (κ1) is 16.0. The summed E-state index contributed by atoms with van der Waals surface area (Å²) in [6.07, 6.45) is 2.03. The first-order valence-electron chi connectivity index (χ1n) is 7.13. The van der Waals surface area contributed by atoms with Crippen molar-refractivity contribution in [3.8, 4) is 5.75 Å². The third-order valence-electron chi connectivity index (χ3n) is 3.82. The van der Waals surface area contributed by atoms with Gasteiger partial charge in [-0.2, -0.15) is 0 Å². The van der Waals surface area contributed by atoms with Crippen molar-refractivity contribution in [1.82, 2.24) is 0 Å². The van der Waals surface area contributed by atoms with E-state index in [-0.39, 0.29) is 6.04 Å². The zero-order chi connectivity index (χ0) is 14.4. The van der Waals surface area contributed by atoms with Gasteiger partial charge in [-0.1, -0.05) is 26.8 Å². The van der Waals surface area contributed by atoms with E-state index >= 15 is 0 Å². The molecular weight excluding hydrogens is 238 g/mol. The molecule has 0 saturated heterocycles. The van der Waals surface area contributed by atoms with Gasteiger partial charge in [0.2, 0.25) is 0 Å². The maximum atomic E-state index is 10.1. The van der Waals surface area contributed by atoms with Crippen LogP contribution in [-0.2, 0) is 6.42 Å². The molecule has 3 heteroatoms. The second kappa shape index (κ2) is 7.51. The summed E-state index contributed by atoms with van der Waals surface area (Å²) in [4.78, 5) is 0. The molecule has 0 heterocycles. The molecule has 3 N–H and O–H groups in total. The smallest absolute Gasteiger partial charge is 0.119 e. The average Bonchev–Trinajstić information content (AvgIpc) is 2.45. The van der Waals surface area contributed by atoms with Crippen LogP contribution in [0.2, 0.25) is 0 Å². The SMILES string of the molecule is CCc1cc(OC)ccc1C(C)CC(O)C(N)CC. The Morgan fingerprint density at radius 2 is 2.00 bits per heavy atom. The Balaban J connectivity index is 2.84. The summed E-state index contributed by atoms with van der Waals surface area (Å²) in [5.41, 5.74) is 8.45. The topological polar surface area (TPSA) is 55.5 Å². The number of aliphatic hydroxyl groups excluding tert-OH is 1. The van der Waals surface area contributed by atoms with Crippen LogP contribution < -0.4 is 10.5 Å². The van der Waals surface area contributed by atoms with E-state index in [1.165, 1.54) is 11.1 Å². The lowest BCUT2D eigenvalue weighted by atomic mass is 9.88. The van der Waals surface area contributed by atoms with Crippen LogP contribution in [0.25, 0.3) is 0 Å². The van der Waals surface area contributed by atoms with Crippen molar-refractivity contribution in [2.24, 2.45) is 5.73 Å². The van der Waals surface area contributed by atoms with E-state index in [9.17, 15) is 5.11 Å². The number of aliphatic hydroxyl groups is 1. The average molecular weight is 265 g/mol. The zero-order valence-electron chi connectivity index (χ0n) is 12.5. The molecule has 1 aromatic rings. The predicted molar refractivity (Wildman–Crippen MR) is 79.7 cm³/mol. The van der Waals surface area contributed by atoms with Crippen LogP contribution in [0.15, 0.2) is 18.2 Å². The number of ether oxygens (including phenoxy) is 1. The zero-order valence-corrected chi connectivity index (χ0v) is 12.5. The molecule has 0 amide bonds. The van der Waals surface area contributed by atoms with Gasteiger partial charge in [0.05, 0.1) is 13.2 Å². The highest BCUT2D eigenvalue weighted by Gasteiger charge is 2.19. The number of hydrogen-bond donors (Lipinski definition) is 2. The van der Waals surface area contributed by atoms with Gasteiger partial charge in [-0.25, -0.2) is 0 Å². The van der Waals surface area contributed by atoms with Gasteiger partial charge in [0, 0.05) is 6.04 Å². The highest BCUT2D eigenvalue weighted by molar-refractivity contribution is 5.37. The van der Waals surface area contributed by atoms with Gasteiger partial charge in [0.15, 0.2) is 0 Å².